The van der Waals surface area contributed by atoms with Crippen molar-refractivity contribution >= 4 is 17.5 Å². The largest absolute Gasteiger partial charge is 0.369 e. The van der Waals surface area contributed by atoms with E-state index in [1.165, 1.54) is 11.3 Å². The van der Waals surface area contributed by atoms with Crippen LogP contribution in [0.4, 0.5) is 16.3 Å². The second kappa shape index (κ2) is 7.62. The van der Waals surface area contributed by atoms with E-state index in [1.807, 2.05) is 18.0 Å². The number of para-hydroxylation sites is 1. The third-order valence-corrected chi connectivity index (χ3v) is 5.12. The first kappa shape index (κ1) is 19.3. The van der Waals surface area contributed by atoms with E-state index in [1.54, 1.807) is 4.68 Å². The first-order chi connectivity index (χ1) is 12.8. The molecule has 1 N–H and O–H groups in total. The molecule has 1 aromatic carbocycles. The van der Waals surface area contributed by atoms with Crippen molar-refractivity contribution in [3.63, 3.8) is 0 Å². The summed E-state index contributed by atoms with van der Waals surface area (Å²) in [7, 11) is 1.87. The number of benzene rings is 1. The first-order valence-electron chi connectivity index (χ1n) is 9.67. The molecule has 0 unspecified atom stereocenters. The summed E-state index contributed by atoms with van der Waals surface area (Å²) in [4.78, 5) is 17.1. The summed E-state index contributed by atoms with van der Waals surface area (Å²) in [6.07, 6.45) is 0.959. The smallest absolute Gasteiger partial charge is 0.323 e. The van der Waals surface area contributed by atoms with Gasteiger partial charge in [0.1, 0.15) is 5.82 Å². The molecule has 0 radical (unpaired) electrons. The van der Waals surface area contributed by atoms with Crippen molar-refractivity contribution in [1.82, 2.24) is 14.7 Å². The summed E-state index contributed by atoms with van der Waals surface area (Å²) in [6.45, 7) is 11.8. The van der Waals surface area contributed by atoms with Gasteiger partial charge < -0.3 is 9.80 Å². The predicted molar refractivity (Wildman–Crippen MR) is 111 cm³/mol. The number of aryl methyl sites for hydroxylation is 2. The number of hydrogen-bond acceptors (Lipinski definition) is 3. The maximum absolute atomic E-state index is 12.8. The molecule has 6 nitrogen and oxygen atoms in total. The molecule has 146 valence electrons. The Kier molecular flexibility index (Phi) is 5.44. The molecule has 0 spiro atoms. The Morgan fingerprint density at radius 3 is 2.52 bits per heavy atom. The highest BCUT2D eigenvalue weighted by molar-refractivity contribution is 5.88. The minimum absolute atomic E-state index is 0.0443. The fourth-order valence-corrected chi connectivity index (χ4v) is 3.42. The zero-order valence-electron chi connectivity index (χ0n) is 17.1. The molecule has 2 aromatic rings. The Balaban J connectivity index is 1.65. The fourth-order valence-electron chi connectivity index (χ4n) is 3.42. The van der Waals surface area contributed by atoms with Crippen molar-refractivity contribution in [3.05, 3.63) is 41.6 Å². The Morgan fingerprint density at radius 2 is 1.85 bits per heavy atom. The predicted octanol–water partition coefficient (Wildman–Crippen LogP) is 3.77. The molecule has 2 heterocycles. The molecule has 0 saturated carbocycles. The van der Waals surface area contributed by atoms with Gasteiger partial charge in [0.2, 0.25) is 0 Å². The fraction of sp³-hybridized carbons (Fsp3) is 0.524. The lowest BCUT2D eigenvalue weighted by Crippen LogP contribution is -2.38. The van der Waals surface area contributed by atoms with Crippen molar-refractivity contribution in [2.45, 2.75) is 39.5 Å². The van der Waals surface area contributed by atoms with E-state index >= 15 is 0 Å². The average Bonchev–Trinajstić information content (AvgIpc) is 2.82. The highest BCUT2D eigenvalue weighted by atomic mass is 16.2. The molecule has 0 atom stereocenters. The number of hydrogen-bond donors (Lipinski definition) is 1. The van der Waals surface area contributed by atoms with Gasteiger partial charge in [-0.1, -0.05) is 39.0 Å². The third-order valence-electron chi connectivity index (χ3n) is 5.12. The van der Waals surface area contributed by atoms with Crippen LogP contribution in [0.25, 0.3) is 0 Å². The monoisotopic (exact) mass is 369 g/mol. The number of carbonyl (C=O) groups excluding carboxylic acids is 1. The Hall–Kier alpha value is -2.50. The van der Waals surface area contributed by atoms with Crippen molar-refractivity contribution < 1.29 is 4.79 Å². The van der Waals surface area contributed by atoms with Crippen LogP contribution in [0.2, 0.25) is 0 Å². The lowest BCUT2D eigenvalue weighted by atomic mass is 9.92. The van der Waals surface area contributed by atoms with Crippen LogP contribution in [-0.4, -0.2) is 46.9 Å². The molecular formula is C21H31N5O. The van der Waals surface area contributed by atoms with Crippen LogP contribution in [0.5, 0.6) is 0 Å². The number of rotatable bonds is 2. The number of nitrogens with one attached hydrogen (secondary N) is 1. The van der Waals surface area contributed by atoms with E-state index in [2.05, 4.69) is 67.3 Å². The summed E-state index contributed by atoms with van der Waals surface area (Å²) < 4.78 is 1.75. The minimum Gasteiger partial charge on any atom is -0.369 e. The number of aromatic nitrogens is 2. The van der Waals surface area contributed by atoms with Gasteiger partial charge in [0.05, 0.1) is 5.69 Å². The molecule has 1 saturated heterocycles. The molecule has 0 bridgehead atoms. The van der Waals surface area contributed by atoms with Gasteiger partial charge >= 0.3 is 6.03 Å². The van der Waals surface area contributed by atoms with Crippen LogP contribution in [0.1, 0.15) is 38.4 Å². The molecule has 1 aromatic heterocycles. The van der Waals surface area contributed by atoms with E-state index in [4.69, 9.17) is 0 Å². The van der Waals surface area contributed by atoms with Crippen LogP contribution in [0.15, 0.2) is 30.3 Å². The summed E-state index contributed by atoms with van der Waals surface area (Å²) in [5, 5.41) is 7.57. The first-order valence-corrected chi connectivity index (χ1v) is 9.67. The van der Waals surface area contributed by atoms with Crippen LogP contribution < -0.4 is 10.2 Å². The Labute approximate surface area is 162 Å². The quantitative estimate of drug-likeness (QED) is 0.877. The molecule has 1 fully saturated rings. The van der Waals surface area contributed by atoms with Gasteiger partial charge in [-0.05, 0) is 25.0 Å². The van der Waals surface area contributed by atoms with E-state index in [9.17, 15) is 4.79 Å². The van der Waals surface area contributed by atoms with Crippen LogP contribution in [0, 0.1) is 6.92 Å². The lowest BCUT2D eigenvalue weighted by Gasteiger charge is -2.25. The van der Waals surface area contributed by atoms with Crippen molar-refractivity contribution in [1.29, 1.82) is 0 Å². The van der Waals surface area contributed by atoms with Gasteiger partial charge in [0.15, 0.2) is 0 Å². The van der Waals surface area contributed by atoms with E-state index in [0.29, 0.717) is 6.54 Å². The van der Waals surface area contributed by atoms with Gasteiger partial charge in [-0.3, -0.25) is 10.00 Å². The summed E-state index contributed by atoms with van der Waals surface area (Å²) in [5.41, 5.74) is 3.47. The zero-order chi connectivity index (χ0) is 19.6. The molecular weight excluding hydrogens is 338 g/mol. The average molecular weight is 370 g/mol. The zero-order valence-corrected chi connectivity index (χ0v) is 17.1. The topological polar surface area (TPSA) is 53.4 Å². The Morgan fingerprint density at radius 1 is 1.11 bits per heavy atom. The van der Waals surface area contributed by atoms with Gasteiger partial charge in [0, 0.05) is 50.4 Å². The molecule has 6 heteroatoms. The number of nitrogens with zero attached hydrogens (tertiary/aromatic N) is 4. The lowest BCUT2D eigenvalue weighted by molar-refractivity contribution is 0.215. The SMILES string of the molecule is Cc1ccccc1N1CCCN(C(=O)Nc2cc(C(C)(C)C)nn2C)CC1. The second-order valence-corrected chi connectivity index (χ2v) is 8.33. The highest BCUT2D eigenvalue weighted by Gasteiger charge is 2.23. The Bertz CT molecular complexity index is 805. The van der Waals surface area contributed by atoms with Crippen LogP contribution in [0.3, 0.4) is 0 Å². The van der Waals surface area contributed by atoms with Crippen LogP contribution >= 0.6 is 0 Å². The third kappa shape index (κ3) is 4.43. The maximum atomic E-state index is 12.8. The van der Waals surface area contributed by atoms with Gasteiger partial charge in [0.25, 0.3) is 0 Å². The molecule has 1 aliphatic heterocycles. The second-order valence-electron chi connectivity index (χ2n) is 8.33. The van der Waals surface area contributed by atoms with E-state index < -0.39 is 0 Å². The van der Waals surface area contributed by atoms with Crippen LogP contribution in [-0.2, 0) is 12.5 Å². The standard InChI is InChI=1S/C21H31N5O/c1-16-9-6-7-10-17(16)25-11-8-12-26(14-13-25)20(27)22-19-15-18(21(2,3)4)23-24(19)5/h6-7,9-10,15H,8,11-14H2,1-5H3,(H,22,27). The number of amides is 2. The van der Waals surface area contributed by atoms with Crippen molar-refractivity contribution in [2.75, 3.05) is 36.4 Å². The minimum atomic E-state index is -0.0508. The van der Waals surface area contributed by atoms with E-state index in [0.717, 1.165) is 37.6 Å². The highest BCUT2D eigenvalue weighted by Crippen LogP contribution is 2.24. The molecule has 3 rings (SSSR count). The molecule has 1 aliphatic rings. The van der Waals surface area contributed by atoms with Crippen molar-refractivity contribution in [2.24, 2.45) is 7.05 Å². The number of anilines is 2. The summed E-state index contributed by atoms with van der Waals surface area (Å²) >= 11 is 0. The number of urea groups is 1. The van der Waals surface area contributed by atoms with Crippen molar-refractivity contribution in [3.8, 4) is 0 Å². The molecule has 0 aliphatic carbocycles. The maximum Gasteiger partial charge on any atom is 0.323 e. The summed E-state index contributed by atoms with van der Waals surface area (Å²) in [6, 6.07) is 10.4. The molecule has 27 heavy (non-hydrogen) atoms. The number of carbonyl (C=O) groups is 1. The van der Waals surface area contributed by atoms with Gasteiger partial charge in [-0.2, -0.15) is 5.10 Å². The van der Waals surface area contributed by atoms with Gasteiger partial charge in [-0.25, -0.2) is 4.79 Å². The van der Waals surface area contributed by atoms with E-state index in [-0.39, 0.29) is 11.4 Å². The summed E-state index contributed by atoms with van der Waals surface area (Å²) in [5.74, 6) is 0.741. The normalized spacial score (nSPS) is 15.6. The molecule has 2 amide bonds. The van der Waals surface area contributed by atoms with Gasteiger partial charge in [-0.15, -0.1) is 0 Å².